The number of likely N-dealkylation sites (tertiary alicyclic amines) is 1. The Labute approximate surface area is 147 Å². The maximum Gasteiger partial charge on any atom is -0.00183 e. The average Bonchev–Trinajstić information content (AvgIpc) is 3.08. The summed E-state index contributed by atoms with van der Waals surface area (Å²) in [5.74, 6) is 0. The van der Waals surface area contributed by atoms with Crippen LogP contribution in [0.3, 0.4) is 0 Å². The van der Waals surface area contributed by atoms with Crippen LogP contribution in [0.25, 0.3) is 0 Å². The maximum atomic E-state index is 2.66. The number of unbranched alkanes of at least 4 members (excludes halogenated alkanes) is 15. The zero-order chi connectivity index (χ0) is 16.4. The molecule has 0 spiro atoms. The molecule has 138 valence electrons. The summed E-state index contributed by atoms with van der Waals surface area (Å²) in [7, 11) is 0. The zero-order valence-corrected chi connectivity index (χ0v) is 16.3. The molecule has 1 fully saturated rings. The molecule has 0 unspecified atom stereocenters. The molecule has 0 atom stereocenters. The van der Waals surface area contributed by atoms with Gasteiger partial charge in [0.25, 0.3) is 0 Å². The second-order valence-corrected chi connectivity index (χ2v) is 7.85. The van der Waals surface area contributed by atoms with Crippen LogP contribution in [-0.2, 0) is 0 Å². The van der Waals surface area contributed by atoms with E-state index in [-0.39, 0.29) is 0 Å². The highest BCUT2D eigenvalue weighted by Gasteiger charge is 2.09. The molecule has 1 heteroatoms. The molecular weight excluding hydrogens is 278 g/mol. The van der Waals surface area contributed by atoms with E-state index in [1.54, 1.807) is 0 Å². The Morgan fingerprint density at radius 2 is 0.826 bits per heavy atom. The fourth-order valence-corrected chi connectivity index (χ4v) is 3.89. The molecule has 0 N–H and O–H groups in total. The molecule has 1 nitrogen and oxygen atoms in total. The van der Waals surface area contributed by atoms with Gasteiger partial charge in [-0.3, -0.25) is 0 Å². The Balaban J connectivity index is 1.64. The van der Waals surface area contributed by atoms with Crippen LogP contribution in [0.1, 0.15) is 122 Å². The van der Waals surface area contributed by atoms with Gasteiger partial charge in [0.15, 0.2) is 0 Å². The third-order valence-electron chi connectivity index (χ3n) is 5.53. The van der Waals surface area contributed by atoms with Gasteiger partial charge >= 0.3 is 0 Å². The van der Waals surface area contributed by atoms with Crippen LogP contribution in [0.2, 0.25) is 0 Å². The van der Waals surface area contributed by atoms with Gasteiger partial charge in [-0.2, -0.15) is 0 Å². The monoisotopic (exact) mass is 323 g/mol. The first-order chi connectivity index (χ1) is 11.4. The molecule has 0 bridgehead atoms. The molecule has 1 rings (SSSR count). The van der Waals surface area contributed by atoms with Crippen LogP contribution in [0.5, 0.6) is 0 Å². The average molecular weight is 324 g/mol. The van der Waals surface area contributed by atoms with Gasteiger partial charge < -0.3 is 4.90 Å². The Morgan fingerprint density at radius 1 is 0.478 bits per heavy atom. The van der Waals surface area contributed by atoms with Crippen molar-refractivity contribution in [1.82, 2.24) is 4.90 Å². The van der Waals surface area contributed by atoms with Crippen LogP contribution >= 0.6 is 0 Å². The normalized spacial score (nSPS) is 15.5. The van der Waals surface area contributed by atoms with Crippen molar-refractivity contribution in [3.63, 3.8) is 0 Å². The maximum absolute atomic E-state index is 2.66. The van der Waals surface area contributed by atoms with Gasteiger partial charge in [-0.05, 0) is 38.9 Å². The summed E-state index contributed by atoms with van der Waals surface area (Å²) in [6, 6.07) is 0. The van der Waals surface area contributed by atoms with E-state index in [1.165, 1.54) is 135 Å². The van der Waals surface area contributed by atoms with Crippen molar-refractivity contribution in [1.29, 1.82) is 0 Å². The number of rotatable bonds is 17. The quantitative estimate of drug-likeness (QED) is 0.253. The van der Waals surface area contributed by atoms with E-state index >= 15 is 0 Å². The molecule has 23 heavy (non-hydrogen) atoms. The van der Waals surface area contributed by atoms with Crippen LogP contribution in [0.15, 0.2) is 0 Å². The topological polar surface area (TPSA) is 3.24 Å². The SMILES string of the molecule is CCCCCCCCCCCCCCCCCCN1CCCC1. The predicted octanol–water partition coefficient (Wildman–Crippen LogP) is 7.34. The van der Waals surface area contributed by atoms with Gasteiger partial charge in [-0.15, -0.1) is 0 Å². The van der Waals surface area contributed by atoms with Crippen molar-refractivity contribution in [3.05, 3.63) is 0 Å². The van der Waals surface area contributed by atoms with Crippen molar-refractivity contribution < 1.29 is 0 Å². The van der Waals surface area contributed by atoms with Gasteiger partial charge in [0.1, 0.15) is 0 Å². The van der Waals surface area contributed by atoms with E-state index in [2.05, 4.69) is 11.8 Å². The zero-order valence-electron chi connectivity index (χ0n) is 16.3. The van der Waals surface area contributed by atoms with Crippen molar-refractivity contribution in [2.24, 2.45) is 0 Å². The molecule has 1 aliphatic rings. The smallest absolute Gasteiger partial charge is 0.00183 e. The highest BCUT2D eigenvalue weighted by Crippen LogP contribution is 2.14. The standard InChI is InChI=1S/C22H45N/c1-2-3-4-5-6-7-8-9-10-11-12-13-14-15-16-17-20-23-21-18-19-22-23/h2-22H2,1H3. The molecule has 1 heterocycles. The largest absolute Gasteiger partial charge is 0.303 e. The summed E-state index contributed by atoms with van der Waals surface area (Å²) in [5, 5.41) is 0. The van der Waals surface area contributed by atoms with Crippen molar-refractivity contribution in [2.45, 2.75) is 122 Å². The van der Waals surface area contributed by atoms with E-state index in [0.29, 0.717) is 0 Å². The van der Waals surface area contributed by atoms with E-state index in [4.69, 9.17) is 0 Å². The Bertz CT molecular complexity index is 220. The minimum Gasteiger partial charge on any atom is -0.303 e. The van der Waals surface area contributed by atoms with Crippen LogP contribution in [0, 0.1) is 0 Å². The highest BCUT2D eigenvalue weighted by molar-refractivity contribution is 4.65. The minimum absolute atomic E-state index is 1.37. The predicted molar refractivity (Wildman–Crippen MR) is 105 cm³/mol. The fourth-order valence-electron chi connectivity index (χ4n) is 3.89. The van der Waals surface area contributed by atoms with Crippen LogP contribution < -0.4 is 0 Å². The lowest BCUT2D eigenvalue weighted by Gasteiger charge is -2.13. The molecule has 1 aliphatic heterocycles. The third-order valence-corrected chi connectivity index (χ3v) is 5.53. The Hall–Kier alpha value is -0.0400. The Kier molecular flexibility index (Phi) is 15.3. The minimum atomic E-state index is 1.37. The summed E-state index contributed by atoms with van der Waals surface area (Å²) in [4.78, 5) is 2.66. The van der Waals surface area contributed by atoms with E-state index in [0.717, 1.165) is 0 Å². The van der Waals surface area contributed by atoms with Gasteiger partial charge in [-0.1, -0.05) is 103 Å². The molecule has 0 aromatic rings. The highest BCUT2D eigenvalue weighted by atomic mass is 15.1. The fraction of sp³-hybridized carbons (Fsp3) is 1.00. The summed E-state index contributed by atoms with van der Waals surface area (Å²) in [6.07, 6.45) is 26.4. The van der Waals surface area contributed by atoms with Crippen molar-refractivity contribution >= 4 is 0 Å². The van der Waals surface area contributed by atoms with Gasteiger partial charge in [0.2, 0.25) is 0 Å². The van der Waals surface area contributed by atoms with Crippen LogP contribution in [0.4, 0.5) is 0 Å². The molecule has 0 aromatic carbocycles. The first kappa shape index (κ1) is 21.0. The van der Waals surface area contributed by atoms with Gasteiger partial charge in [0, 0.05) is 0 Å². The van der Waals surface area contributed by atoms with Gasteiger partial charge in [0.05, 0.1) is 0 Å². The van der Waals surface area contributed by atoms with Crippen molar-refractivity contribution in [2.75, 3.05) is 19.6 Å². The second-order valence-electron chi connectivity index (χ2n) is 7.85. The molecule has 0 aliphatic carbocycles. The number of hydrogen-bond acceptors (Lipinski definition) is 1. The molecule has 0 aromatic heterocycles. The molecule has 1 saturated heterocycles. The lowest BCUT2D eigenvalue weighted by Crippen LogP contribution is -2.20. The summed E-state index contributed by atoms with van der Waals surface area (Å²) in [5.41, 5.74) is 0. The Morgan fingerprint density at radius 3 is 1.22 bits per heavy atom. The van der Waals surface area contributed by atoms with E-state index in [9.17, 15) is 0 Å². The first-order valence-electron chi connectivity index (χ1n) is 11.2. The van der Waals surface area contributed by atoms with Gasteiger partial charge in [-0.25, -0.2) is 0 Å². The second kappa shape index (κ2) is 16.8. The first-order valence-corrected chi connectivity index (χ1v) is 11.2. The lowest BCUT2D eigenvalue weighted by molar-refractivity contribution is 0.327. The summed E-state index contributed by atoms with van der Waals surface area (Å²) < 4.78 is 0. The number of nitrogens with zero attached hydrogens (tertiary/aromatic N) is 1. The summed E-state index contributed by atoms with van der Waals surface area (Å²) in [6.45, 7) is 6.42. The lowest BCUT2D eigenvalue weighted by atomic mass is 10.0. The molecule has 0 saturated carbocycles. The number of hydrogen-bond donors (Lipinski definition) is 0. The molecule has 0 amide bonds. The molecular formula is C22H45N. The third kappa shape index (κ3) is 14.0. The van der Waals surface area contributed by atoms with Crippen LogP contribution in [-0.4, -0.2) is 24.5 Å². The van der Waals surface area contributed by atoms with Crippen molar-refractivity contribution in [3.8, 4) is 0 Å². The molecule has 0 radical (unpaired) electrons. The van der Waals surface area contributed by atoms with E-state index in [1.807, 2.05) is 0 Å². The van der Waals surface area contributed by atoms with E-state index < -0.39 is 0 Å². The summed E-state index contributed by atoms with van der Waals surface area (Å²) >= 11 is 0.